The topological polar surface area (TPSA) is 17.1 Å². The summed E-state index contributed by atoms with van der Waals surface area (Å²) in [7, 11) is 0. The lowest BCUT2D eigenvalue weighted by Crippen LogP contribution is -2.13. The van der Waals surface area contributed by atoms with Gasteiger partial charge in [0, 0.05) is 6.42 Å². The molecule has 0 radical (unpaired) electrons. The summed E-state index contributed by atoms with van der Waals surface area (Å²) >= 11 is 0. The second kappa shape index (κ2) is 5.95. The van der Waals surface area contributed by atoms with Crippen LogP contribution in [-0.4, -0.2) is 5.78 Å². The molecular formula is C19H26O. The minimum atomic E-state index is 0.171. The van der Waals surface area contributed by atoms with Crippen LogP contribution in [0.15, 0.2) is 35.9 Å². The Morgan fingerprint density at radius 1 is 1.20 bits per heavy atom. The maximum atomic E-state index is 12.3. The van der Waals surface area contributed by atoms with Crippen molar-refractivity contribution in [2.75, 3.05) is 0 Å². The molecule has 1 unspecified atom stereocenters. The Bertz CT molecular complexity index is 500. The average Bonchev–Trinajstić information content (AvgIpc) is 2.39. The summed E-state index contributed by atoms with van der Waals surface area (Å²) in [6, 6.07) is 8.51. The van der Waals surface area contributed by atoms with E-state index < -0.39 is 0 Å². The molecule has 0 bridgehead atoms. The third-order valence-electron chi connectivity index (χ3n) is 4.22. The third-order valence-corrected chi connectivity index (χ3v) is 4.22. The molecule has 1 aromatic rings. The zero-order valence-corrected chi connectivity index (χ0v) is 13.2. The van der Waals surface area contributed by atoms with Gasteiger partial charge in [0.2, 0.25) is 0 Å². The van der Waals surface area contributed by atoms with Crippen molar-refractivity contribution in [2.24, 2.45) is 5.92 Å². The maximum absolute atomic E-state index is 12.3. The Morgan fingerprint density at radius 2 is 1.85 bits per heavy atom. The molecular weight excluding hydrogens is 244 g/mol. The number of benzene rings is 1. The lowest BCUT2D eigenvalue weighted by molar-refractivity contribution is -0.115. The number of hydrogen-bond acceptors (Lipinski definition) is 1. The predicted molar refractivity (Wildman–Crippen MR) is 85.0 cm³/mol. The normalized spacial score (nSPS) is 19.6. The van der Waals surface area contributed by atoms with E-state index in [9.17, 15) is 4.79 Å². The Morgan fingerprint density at radius 3 is 2.35 bits per heavy atom. The van der Waals surface area contributed by atoms with E-state index in [4.69, 9.17) is 0 Å². The van der Waals surface area contributed by atoms with Gasteiger partial charge in [0.15, 0.2) is 5.78 Å². The van der Waals surface area contributed by atoms with Crippen molar-refractivity contribution in [3.63, 3.8) is 0 Å². The quantitative estimate of drug-likeness (QED) is 0.768. The molecule has 0 N–H and O–H groups in total. The second-order valence-corrected chi connectivity index (χ2v) is 7.16. The van der Waals surface area contributed by atoms with Crippen LogP contribution in [0.3, 0.4) is 0 Å². The van der Waals surface area contributed by atoms with Crippen molar-refractivity contribution in [1.82, 2.24) is 0 Å². The summed E-state index contributed by atoms with van der Waals surface area (Å²) < 4.78 is 0. The standard InChI is InChI=1S/C19H26O/c1-14-5-9-16(10-6-14)18(20)13-15-7-11-17(12-8-15)19(2,3)4/h7-9,11-12,14H,5-6,10,13H2,1-4H3. The summed E-state index contributed by atoms with van der Waals surface area (Å²) in [6.07, 6.45) is 5.87. The fourth-order valence-electron chi connectivity index (χ4n) is 2.64. The van der Waals surface area contributed by atoms with Crippen LogP contribution in [-0.2, 0) is 16.6 Å². The third kappa shape index (κ3) is 3.82. The zero-order chi connectivity index (χ0) is 14.8. The van der Waals surface area contributed by atoms with Crippen molar-refractivity contribution < 1.29 is 4.79 Å². The highest BCUT2D eigenvalue weighted by atomic mass is 16.1. The first kappa shape index (κ1) is 15.0. The van der Waals surface area contributed by atoms with E-state index in [-0.39, 0.29) is 5.41 Å². The van der Waals surface area contributed by atoms with E-state index in [1.165, 1.54) is 5.56 Å². The van der Waals surface area contributed by atoms with Crippen LogP contribution in [0.5, 0.6) is 0 Å². The highest BCUT2D eigenvalue weighted by molar-refractivity contribution is 5.96. The van der Waals surface area contributed by atoms with Crippen LogP contribution in [0.2, 0.25) is 0 Å². The first-order chi connectivity index (χ1) is 9.36. The van der Waals surface area contributed by atoms with Crippen molar-refractivity contribution in [2.45, 2.75) is 58.8 Å². The molecule has 0 saturated carbocycles. The van der Waals surface area contributed by atoms with Crippen LogP contribution < -0.4 is 0 Å². The number of ketones is 1. The summed E-state index contributed by atoms with van der Waals surface area (Å²) in [5.74, 6) is 1.04. The molecule has 1 aliphatic carbocycles. The van der Waals surface area contributed by atoms with Crippen molar-refractivity contribution in [3.05, 3.63) is 47.0 Å². The molecule has 0 saturated heterocycles. The van der Waals surface area contributed by atoms with Gasteiger partial charge in [-0.15, -0.1) is 0 Å². The van der Waals surface area contributed by atoms with Gasteiger partial charge in [-0.1, -0.05) is 58.0 Å². The molecule has 108 valence electrons. The largest absolute Gasteiger partial charge is 0.294 e. The number of hydrogen-bond donors (Lipinski definition) is 0. The van der Waals surface area contributed by atoms with Crippen LogP contribution in [0, 0.1) is 5.92 Å². The molecule has 0 aliphatic heterocycles. The summed E-state index contributed by atoms with van der Waals surface area (Å²) in [5.41, 5.74) is 3.66. The molecule has 0 aromatic heterocycles. The van der Waals surface area contributed by atoms with Crippen molar-refractivity contribution >= 4 is 5.78 Å². The molecule has 1 atom stereocenters. The lowest BCUT2D eigenvalue weighted by Gasteiger charge is -2.19. The summed E-state index contributed by atoms with van der Waals surface area (Å²) in [6.45, 7) is 8.88. The molecule has 20 heavy (non-hydrogen) atoms. The number of carbonyl (C=O) groups excluding carboxylic acids is 1. The zero-order valence-electron chi connectivity index (χ0n) is 13.2. The fourth-order valence-corrected chi connectivity index (χ4v) is 2.64. The van der Waals surface area contributed by atoms with Gasteiger partial charge in [0.25, 0.3) is 0 Å². The van der Waals surface area contributed by atoms with Gasteiger partial charge in [0.1, 0.15) is 0 Å². The Kier molecular flexibility index (Phi) is 4.47. The van der Waals surface area contributed by atoms with Crippen molar-refractivity contribution in [3.8, 4) is 0 Å². The Hall–Kier alpha value is -1.37. The fraction of sp³-hybridized carbons (Fsp3) is 0.526. The SMILES string of the molecule is CC1CC=C(C(=O)Cc2ccc(C(C)(C)C)cc2)CC1. The van der Waals surface area contributed by atoms with E-state index in [1.807, 2.05) is 0 Å². The Balaban J connectivity index is 2.02. The van der Waals surface area contributed by atoms with E-state index >= 15 is 0 Å². The minimum absolute atomic E-state index is 0.171. The predicted octanol–water partition coefficient (Wildman–Crippen LogP) is 4.84. The smallest absolute Gasteiger partial charge is 0.162 e. The molecule has 1 heteroatoms. The van der Waals surface area contributed by atoms with Gasteiger partial charge in [-0.25, -0.2) is 0 Å². The average molecular weight is 270 g/mol. The molecule has 0 heterocycles. The molecule has 0 fully saturated rings. The van der Waals surface area contributed by atoms with E-state index in [2.05, 4.69) is 58.0 Å². The molecule has 0 spiro atoms. The first-order valence-electron chi connectivity index (χ1n) is 7.68. The summed E-state index contributed by atoms with van der Waals surface area (Å²) in [4.78, 5) is 12.3. The van der Waals surface area contributed by atoms with E-state index in [0.29, 0.717) is 12.2 Å². The molecule has 2 rings (SSSR count). The van der Waals surface area contributed by atoms with Crippen LogP contribution in [0.1, 0.15) is 58.1 Å². The van der Waals surface area contributed by atoms with Gasteiger partial charge in [-0.05, 0) is 47.3 Å². The lowest BCUT2D eigenvalue weighted by atomic mass is 9.85. The second-order valence-electron chi connectivity index (χ2n) is 7.16. The minimum Gasteiger partial charge on any atom is -0.294 e. The number of allylic oxidation sites excluding steroid dienone is 2. The Labute approximate surface area is 123 Å². The van der Waals surface area contributed by atoms with Gasteiger partial charge < -0.3 is 0 Å². The van der Waals surface area contributed by atoms with Gasteiger partial charge in [-0.2, -0.15) is 0 Å². The molecule has 1 nitrogen and oxygen atoms in total. The van der Waals surface area contributed by atoms with Gasteiger partial charge in [-0.3, -0.25) is 4.79 Å². The molecule has 1 aliphatic rings. The van der Waals surface area contributed by atoms with Gasteiger partial charge in [0.05, 0.1) is 0 Å². The van der Waals surface area contributed by atoms with Gasteiger partial charge >= 0.3 is 0 Å². The highest BCUT2D eigenvalue weighted by Gasteiger charge is 2.17. The van der Waals surface area contributed by atoms with Crippen LogP contribution in [0.4, 0.5) is 0 Å². The van der Waals surface area contributed by atoms with Crippen LogP contribution in [0.25, 0.3) is 0 Å². The number of Topliss-reactive ketones (excluding diaryl/α,β-unsaturated/α-hetero) is 1. The van der Waals surface area contributed by atoms with E-state index in [0.717, 1.165) is 36.3 Å². The first-order valence-corrected chi connectivity index (χ1v) is 7.68. The number of carbonyl (C=O) groups is 1. The molecule has 0 amide bonds. The van der Waals surface area contributed by atoms with Crippen LogP contribution >= 0.6 is 0 Å². The maximum Gasteiger partial charge on any atom is 0.162 e. The van der Waals surface area contributed by atoms with E-state index in [1.54, 1.807) is 0 Å². The van der Waals surface area contributed by atoms with Crippen molar-refractivity contribution in [1.29, 1.82) is 0 Å². The monoisotopic (exact) mass is 270 g/mol. The highest BCUT2D eigenvalue weighted by Crippen LogP contribution is 2.25. The summed E-state index contributed by atoms with van der Waals surface area (Å²) in [5, 5.41) is 0. The molecule has 1 aromatic carbocycles. The number of rotatable bonds is 3.